The molecule has 0 amide bonds. The predicted molar refractivity (Wildman–Crippen MR) is 60.0 cm³/mol. The Kier molecular flexibility index (Phi) is 2.44. The number of nitrogens with one attached hydrogen (secondary N) is 1. The third kappa shape index (κ3) is 1.44. The van der Waals surface area contributed by atoms with Crippen molar-refractivity contribution >= 4 is 11.6 Å². The molecule has 0 aromatic carbocycles. The summed E-state index contributed by atoms with van der Waals surface area (Å²) in [4.78, 5) is 4.12. The van der Waals surface area contributed by atoms with Crippen LogP contribution in [0.3, 0.4) is 0 Å². The maximum Gasteiger partial charge on any atom is 0.168 e. The molecule has 0 atom stereocenters. The van der Waals surface area contributed by atoms with E-state index in [4.69, 9.17) is 11.0 Å². The van der Waals surface area contributed by atoms with Crippen molar-refractivity contribution in [2.45, 2.75) is 0 Å². The highest BCUT2D eigenvalue weighted by Gasteiger charge is 2.15. The van der Waals surface area contributed by atoms with Crippen LogP contribution >= 0.6 is 0 Å². The Morgan fingerprint density at radius 1 is 1.50 bits per heavy atom. The summed E-state index contributed by atoms with van der Waals surface area (Å²) in [6.07, 6.45) is 1.64. The standard InChI is InChI=1S/C10H10N6/c1-13-10-7(6-11)9(12)16(15-10)8-4-2-3-5-14-8/h2-5H,12H2,1H3,(H,13,15). The van der Waals surface area contributed by atoms with Crippen LogP contribution < -0.4 is 11.1 Å². The van der Waals surface area contributed by atoms with E-state index in [1.54, 1.807) is 25.4 Å². The monoisotopic (exact) mass is 214 g/mol. The number of hydrogen-bond donors (Lipinski definition) is 2. The van der Waals surface area contributed by atoms with Gasteiger partial charge in [0.25, 0.3) is 0 Å². The van der Waals surface area contributed by atoms with Gasteiger partial charge >= 0.3 is 0 Å². The maximum atomic E-state index is 8.95. The topological polar surface area (TPSA) is 92.6 Å². The molecule has 0 bridgehead atoms. The molecular formula is C10H10N6. The van der Waals surface area contributed by atoms with Gasteiger partial charge in [-0.25, -0.2) is 4.98 Å². The van der Waals surface area contributed by atoms with Crippen LogP contribution in [0, 0.1) is 11.3 Å². The molecule has 2 aromatic rings. The van der Waals surface area contributed by atoms with Crippen LogP contribution in [0.15, 0.2) is 24.4 Å². The van der Waals surface area contributed by atoms with Crippen LogP contribution in [-0.4, -0.2) is 21.8 Å². The van der Waals surface area contributed by atoms with Crippen LogP contribution in [0.1, 0.15) is 5.56 Å². The maximum absolute atomic E-state index is 8.95. The lowest BCUT2D eigenvalue weighted by atomic mass is 10.3. The Bertz CT molecular complexity index is 536. The molecule has 2 rings (SSSR count). The minimum atomic E-state index is 0.283. The molecule has 0 spiro atoms. The lowest BCUT2D eigenvalue weighted by Gasteiger charge is -2.00. The molecule has 0 unspecified atom stereocenters. The fraction of sp³-hybridized carbons (Fsp3) is 0.100. The third-order valence-electron chi connectivity index (χ3n) is 2.14. The van der Waals surface area contributed by atoms with Gasteiger partial charge in [-0.05, 0) is 12.1 Å². The average Bonchev–Trinajstić information content (AvgIpc) is 2.66. The molecule has 0 aliphatic rings. The summed E-state index contributed by atoms with van der Waals surface area (Å²) < 4.78 is 1.43. The van der Waals surface area contributed by atoms with E-state index in [1.165, 1.54) is 4.68 Å². The molecule has 6 heteroatoms. The normalized spacial score (nSPS) is 9.75. The molecule has 2 heterocycles. The van der Waals surface area contributed by atoms with E-state index in [1.807, 2.05) is 12.1 Å². The number of pyridine rings is 1. The van der Waals surface area contributed by atoms with Gasteiger partial charge in [0.15, 0.2) is 11.6 Å². The van der Waals surface area contributed by atoms with E-state index in [0.29, 0.717) is 17.2 Å². The highest BCUT2D eigenvalue weighted by atomic mass is 15.4. The van der Waals surface area contributed by atoms with Crippen LogP contribution in [-0.2, 0) is 0 Å². The Hall–Kier alpha value is -2.55. The minimum Gasteiger partial charge on any atom is -0.382 e. The van der Waals surface area contributed by atoms with Crippen LogP contribution in [0.5, 0.6) is 0 Å². The van der Waals surface area contributed by atoms with Gasteiger partial charge in [-0.3, -0.25) is 0 Å². The molecule has 2 aromatic heterocycles. The van der Waals surface area contributed by atoms with Gasteiger partial charge in [0.05, 0.1) is 0 Å². The summed E-state index contributed by atoms with van der Waals surface area (Å²) in [5, 5.41) is 15.9. The van der Waals surface area contributed by atoms with Crippen molar-refractivity contribution in [3.05, 3.63) is 30.0 Å². The molecule has 0 saturated heterocycles. The Morgan fingerprint density at radius 2 is 2.31 bits per heavy atom. The Morgan fingerprint density at radius 3 is 2.81 bits per heavy atom. The largest absolute Gasteiger partial charge is 0.382 e. The first-order valence-corrected chi connectivity index (χ1v) is 4.65. The smallest absolute Gasteiger partial charge is 0.168 e. The second-order valence-electron chi connectivity index (χ2n) is 3.07. The van der Waals surface area contributed by atoms with Crippen molar-refractivity contribution in [1.29, 1.82) is 5.26 Å². The fourth-order valence-corrected chi connectivity index (χ4v) is 1.37. The van der Waals surface area contributed by atoms with Crippen molar-refractivity contribution in [1.82, 2.24) is 14.8 Å². The van der Waals surface area contributed by atoms with Gasteiger partial charge in [0.1, 0.15) is 17.5 Å². The molecule has 16 heavy (non-hydrogen) atoms. The molecule has 0 saturated carbocycles. The predicted octanol–water partition coefficient (Wildman–Crippen LogP) is 0.763. The second-order valence-corrected chi connectivity index (χ2v) is 3.07. The van der Waals surface area contributed by atoms with Gasteiger partial charge in [0, 0.05) is 13.2 Å². The van der Waals surface area contributed by atoms with Crippen molar-refractivity contribution in [3.63, 3.8) is 0 Å². The highest BCUT2D eigenvalue weighted by molar-refractivity contribution is 5.65. The molecule has 6 nitrogen and oxygen atoms in total. The number of aromatic nitrogens is 3. The molecule has 3 N–H and O–H groups in total. The van der Waals surface area contributed by atoms with E-state index in [0.717, 1.165) is 0 Å². The third-order valence-corrected chi connectivity index (χ3v) is 2.14. The van der Waals surface area contributed by atoms with Gasteiger partial charge in [-0.15, -0.1) is 5.10 Å². The first-order valence-electron chi connectivity index (χ1n) is 4.65. The zero-order valence-electron chi connectivity index (χ0n) is 8.68. The van der Waals surface area contributed by atoms with Crippen LogP contribution in [0.2, 0.25) is 0 Å². The van der Waals surface area contributed by atoms with Crippen LogP contribution in [0.25, 0.3) is 5.82 Å². The summed E-state index contributed by atoms with van der Waals surface area (Å²) in [5.74, 6) is 1.31. The van der Waals surface area contributed by atoms with Crippen molar-refractivity contribution in [2.75, 3.05) is 18.1 Å². The zero-order chi connectivity index (χ0) is 11.5. The lowest BCUT2D eigenvalue weighted by molar-refractivity contribution is 0.859. The fourth-order valence-electron chi connectivity index (χ4n) is 1.37. The summed E-state index contributed by atoms with van der Waals surface area (Å²) in [6, 6.07) is 7.40. The SMILES string of the molecule is CNc1nn(-c2ccccn2)c(N)c1C#N. The van der Waals surface area contributed by atoms with Gasteiger partial charge in [-0.2, -0.15) is 9.94 Å². The molecule has 0 aliphatic heterocycles. The van der Waals surface area contributed by atoms with Gasteiger partial charge in [0.2, 0.25) is 0 Å². The number of nitriles is 1. The zero-order valence-corrected chi connectivity index (χ0v) is 8.68. The Balaban J connectivity index is 2.60. The number of nitrogen functional groups attached to an aromatic ring is 1. The Labute approximate surface area is 92.3 Å². The summed E-state index contributed by atoms with van der Waals surface area (Å²) in [7, 11) is 1.69. The van der Waals surface area contributed by atoms with E-state index in [9.17, 15) is 0 Å². The van der Waals surface area contributed by atoms with E-state index in [-0.39, 0.29) is 5.82 Å². The van der Waals surface area contributed by atoms with E-state index in [2.05, 4.69) is 15.4 Å². The number of nitrogens with zero attached hydrogens (tertiary/aromatic N) is 4. The number of nitrogens with two attached hydrogens (primary N) is 1. The lowest BCUT2D eigenvalue weighted by Crippen LogP contribution is -2.04. The van der Waals surface area contributed by atoms with Gasteiger partial charge in [-0.1, -0.05) is 6.07 Å². The van der Waals surface area contributed by atoms with Crippen molar-refractivity contribution in [3.8, 4) is 11.9 Å². The number of anilines is 2. The molecule has 0 aliphatic carbocycles. The first kappa shape index (κ1) is 9.98. The summed E-state index contributed by atoms with van der Waals surface area (Å²) >= 11 is 0. The van der Waals surface area contributed by atoms with Gasteiger partial charge < -0.3 is 11.1 Å². The van der Waals surface area contributed by atoms with Crippen molar-refractivity contribution < 1.29 is 0 Å². The molecule has 0 radical (unpaired) electrons. The summed E-state index contributed by atoms with van der Waals surface area (Å²) in [5.41, 5.74) is 6.15. The van der Waals surface area contributed by atoms with Crippen molar-refractivity contribution in [2.24, 2.45) is 0 Å². The number of hydrogen-bond acceptors (Lipinski definition) is 5. The molecular weight excluding hydrogens is 204 g/mol. The highest BCUT2D eigenvalue weighted by Crippen LogP contribution is 2.22. The first-order chi connectivity index (χ1) is 7.77. The van der Waals surface area contributed by atoms with E-state index < -0.39 is 0 Å². The van der Waals surface area contributed by atoms with Crippen LogP contribution in [0.4, 0.5) is 11.6 Å². The summed E-state index contributed by atoms with van der Waals surface area (Å²) in [6.45, 7) is 0. The second kappa shape index (κ2) is 3.90. The quantitative estimate of drug-likeness (QED) is 0.770. The average molecular weight is 214 g/mol. The number of rotatable bonds is 2. The van der Waals surface area contributed by atoms with E-state index >= 15 is 0 Å². The molecule has 0 fully saturated rings. The molecule has 80 valence electrons. The minimum absolute atomic E-state index is 0.283.